The molecule has 0 saturated heterocycles. The van der Waals surface area contributed by atoms with Crippen molar-refractivity contribution in [1.29, 1.82) is 0 Å². The van der Waals surface area contributed by atoms with Gasteiger partial charge in [0.05, 0.1) is 12.6 Å². The largest absolute Gasteiger partial charge is 0.393 e. The first-order chi connectivity index (χ1) is 5.27. The first-order valence-electron chi connectivity index (χ1n) is 3.71. The summed E-state index contributed by atoms with van der Waals surface area (Å²) in [6.45, 7) is 5.92. The van der Waals surface area contributed by atoms with Crippen molar-refractivity contribution in [2.75, 3.05) is 6.54 Å². The van der Waals surface area contributed by atoms with Crippen molar-refractivity contribution < 1.29 is 5.11 Å². The summed E-state index contributed by atoms with van der Waals surface area (Å²) in [6.07, 6.45) is 7.59. The Morgan fingerprint density at radius 3 is 2.82 bits per heavy atom. The number of hydrogen-bond acceptors (Lipinski definition) is 2. The maximum Gasteiger partial charge on any atom is 0.0570 e. The number of allylic oxidation sites excluding steroid dienone is 1. The molecular formula is C9H15NO. The van der Waals surface area contributed by atoms with Crippen molar-refractivity contribution in [2.24, 2.45) is 4.99 Å². The molecule has 1 N–H and O–H groups in total. The molecule has 0 aliphatic rings. The van der Waals surface area contributed by atoms with Gasteiger partial charge in [-0.05, 0) is 13.3 Å². The van der Waals surface area contributed by atoms with Crippen LogP contribution in [0.2, 0.25) is 0 Å². The van der Waals surface area contributed by atoms with Gasteiger partial charge in [-0.1, -0.05) is 24.8 Å². The lowest BCUT2D eigenvalue weighted by Gasteiger charge is -1.94. The first-order valence-corrected chi connectivity index (χ1v) is 3.71. The van der Waals surface area contributed by atoms with Crippen molar-refractivity contribution in [1.82, 2.24) is 0 Å². The van der Waals surface area contributed by atoms with Crippen LogP contribution in [0.5, 0.6) is 0 Å². The van der Waals surface area contributed by atoms with Gasteiger partial charge in [0, 0.05) is 6.21 Å². The van der Waals surface area contributed by atoms with E-state index >= 15 is 0 Å². The Balaban J connectivity index is 3.30. The molecule has 0 fully saturated rings. The Morgan fingerprint density at radius 2 is 2.27 bits per heavy atom. The molecule has 0 heterocycles. The molecule has 0 aromatic heterocycles. The molecule has 0 saturated carbocycles. The Labute approximate surface area is 68.0 Å². The van der Waals surface area contributed by atoms with Crippen LogP contribution in [-0.2, 0) is 0 Å². The van der Waals surface area contributed by atoms with E-state index in [2.05, 4.69) is 11.6 Å². The van der Waals surface area contributed by atoms with E-state index in [4.69, 9.17) is 5.11 Å². The Morgan fingerprint density at radius 1 is 1.55 bits per heavy atom. The number of nitrogens with zero attached hydrogens (tertiary/aromatic N) is 1. The van der Waals surface area contributed by atoms with E-state index in [1.54, 1.807) is 19.2 Å². The van der Waals surface area contributed by atoms with Gasteiger partial charge in [-0.15, -0.1) is 0 Å². The summed E-state index contributed by atoms with van der Waals surface area (Å²) < 4.78 is 0. The molecule has 0 spiro atoms. The van der Waals surface area contributed by atoms with Crippen molar-refractivity contribution in [3.8, 4) is 0 Å². The predicted molar refractivity (Wildman–Crippen MR) is 49.0 cm³/mol. The second kappa shape index (κ2) is 7.22. The molecule has 0 aliphatic heterocycles. The van der Waals surface area contributed by atoms with Crippen LogP contribution in [0.1, 0.15) is 13.3 Å². The first kappa shape index (κ1) is 10.1. The van der Waals surface area contributed by atoms with Gasteiger partial charge < -0.3 is 5.11 Å². The fourth-order valence-corrected chi connectivity index (χ4v) is 0.564. The maximum atomic E-state index is 8.85. The third-order valence-corrected chi connectivity index (χ3v) is 1.07. The Hall–Kier alpha value is -0.890. The van der Waals surface area contributed by atoms with Gasteiger partial charge in [-0.3, -0.25) is 4.99 Å². The zero-order valence-corrected chi connectivity index (χ0v) is 6.90. The van der Waals surface area contributed by atoms with E-state index in [1.165, 1.54) is 0 Å². The minimum Gasteiger partial charge on any atom is -0.393 e. The van der Waals surface area contributed by atoms with Crippen LogP contribution in [0, 0.1) is 0 Å². The van der Waals surface area contributed by atoms with Crippen LogP contribution in [0.15, 0.2) is 29.8 Å². The minimum atomic E-state index is -0.255. The third-order valence-electron chi connectivity index (χ3n) is 1.07. The standard InChI is InChI=1S/C9H15NO/c1-3-7-10-8-5-4-6-9(2)11/h3-5,7,9,11H,1,6,8H2,2H3/b5-4-,10-7-. The average molecular weight is 153 g/mol. The van der Waals surface area contributed by atoms with Crippen LogP contribution in [0.4, 0.5) is 0 Å². The van der Waals surface area contributed by atoms with Crippen LogP contribution >= 0.6 is 0 Å². The predicted octanol–water partition coefficient (Wildman–Crippen LogP) is 1.57. The van der Waals surface area contributed by atoms with Gasteiger partial charge in [-0.2, -0.15) is 0 Å². The van der Waals surface area contributed by atoms with E-state index in [-0.39, 0.29) is 6.10 Å². The van der Waals surface area contributed by atoms with Gasteiger partial charge >= 0.3 is 0 Å². The minimum absolute atomic E-state index is 0.255. The van der Waals surface area contributed by atoms with E-state index in [1.807, 2.05) is 12.2 Å². The molecule has 0 aromatic carbocycles. The normalized spacial score (nSPS) is 14.4. The zero-order chi connectivity index (χ0) is 8.53. The summed E-state index contributed by atoms with van der Waals surface area (Å²) >= 11 is 0. The Kier molecular flexibility index (Phi) is 6.64. The SMILES string of the molecule is C=C/C=N\C/C=C\CC(C)O. The zero-order valence-electron chi connectivity index (χ0n) is 6.90. The van der Waals surface area contributed by atoms with E-state index in [9.17, 15) is 0 Å². The topological polar surface area (TPSA) is 32.6 Å². The maximum absolute atomic E-state index is 8.85. The van der Waals surface area contributed by atoms with Gasteiger partial charge in [0.25, 0.3) is 0 Å². The van der Waals surface area contributed by atoms with E-state index in [0.717, 1.165) is 0 Å². The quantitative estimate of drug-likeness (QED) is 0.472. The highest BCUT2D eigenvalue weighted by atomic mass is 16.3. The lowest BCUT2D eigenvalue weighted by molar-refractivity contribution is 0.198. The van der Waals surface area contributed by atoms with Crippen LogP contribution < -0.4 is 0 Å². The van der Waals surface area contributed by atoms with Crippen LogP contribution in [0.25, 0.3) is 0 Å². The van der Waals surface area contributed by atoms with Gasteiger partial charge in [0.1, 0.15) is 0 Å². The molecule has 0 aliphatic carbocycles. The second-order valence-corrected chi connectivity index (χ2v) is 2.31. The summed E-state index contributed by atoms with van der Waals surface area (Å²) in [6, 6.07) is 0. The van der Waals surface area contributed by atoms with Crippen LogP contribution in [0.3, 0.4) is 0 Å². The lowest BCUT2D eigenvalue weighted by atomic mass is 10.3. The van der Waals surface area contributed by atoms with Gasteiger partial charge in [0.2, 0.25) is 0 Å². The summed E-state index contributed by atoms with van der Waals surface area (Å²) in [7, 11) is 0. The molecule has 0 rings (SSSR count). The van der Waals surface area contributed by atoms with Crippen LogP contribution in [-0.4, -0.2) is 24.0 Å². The monoisotopic (exact) mass is 153 g/mol. The molecule has 0 radical (unpaired) electrons. The molecule has 2 heteroatoms. The Bertz CT molecular complexity index is 148. The molecule has 2 nitrogen and oxygen atoms in total. The third kappa shape index (κ3) is 9.11. The molecule has 62 valence electrons. The highest BCUT2D eigenvalue weighted by Gasteiger charge is 1.86. The smallest absolute Gasteiger partial charge is 0.0570 e. The summed E-state index contributed by atoms with van der Waals surface area (Å²) in [5.74, 6) is 0. The highest BCUT2D eigenvalue weighted by Crippen LogP contribution is 1.90. The molecular weight excluding hydrogens is 138 g/mol. The van der Waals surface area contributed by atoms with Gasteiger partial charge in [-0.25, -0.2) is 0 Å². The van der Waals surface area contributed by atoms with Crippen molar-refractivity contribution >= 4 is 6.21 Å². The van der Waals surface area contributed by atoms with Crippen molar-refractivity contribution in [3.63, 3.8) is 0 Å². The second-order valence-electron chi connectivity index (χ2n) is 2.31. The number of rotatable bonds is 5. The van der Waals surface area contributed by atoms with Crippen molar-refractivity contribution in [2.45, 2.75) is 19.4 Å². The fourth-order valence-electron chi connectivity index (χ4n) is 0.564. The summed E-state index contributed by atoms with van der Waals surface area (Å²) in [4.78, 5) is 3.98. The fraction of sp³-hybridized carbons (Fsp3) is 0.444. The molecule has 0 bridgehead atoms. The highest BCUT2D eigenvalue weighted by molar-refractivity contribution is 5.70. The molecule has 1 atom stereocenters. The van der Waals surface area contributed by atoms with E-state index in [0.29, 0.717) is 13.0 Å². The van der Waals surface area contributed by atoms with E-state index < -0.39 is 0 Å². The molecule has 1 unspecified atom stereocenters. The summed E-state index contributed by atoms with van der Waals surface area (Å²) in [5, 5.41) is 8.85. The van der Waals surface area contributed by atoms with Gasteiger partial charge in [0.15, 0.2) is 0 Å². The summed E-state index contributed by atoms with van der Waals surface area (Å²) in [5.41, 5.74) is 0. The number of aliphatic hydroxyl groups excluding tert-OH is 1. The number of hydrogen-bond donors (Lipinski definition) is 1. The molecule has 11 heavy (non-hydrogen) atoms. The average Bonchev–Trinajstić information content (AvgIpc) is 1.96. The molecule has 0 amide bonds. The number of aliphatic imine (C=N–C) groups is 1. The van der Waals surface area contributed by atoms with Crippen molar-refractivity contribution in [3.05, 3.63) is 24.8 Å². The number of aliphatic hydroxyl groups is 1. The molecule has 0 aromatic rings. The lowest BCUT2D eigenvalue weighted by Crippen LogP contribution is -1.95.